The van der Waals surface area contributed by atoms with Crippen LogP contribution in [0.1, 0.15) is 24.0 Å². The topological polar surface area (TPSA) is 66.0 Å². The number of nitrogens with one attached hydrogen (secondary N) is 2. The van der Waals surface area contributed by atoms with Crippen molar-refractivity contribution in [2.75, 3.05) is 26.0 Å². The van der Waals surface area contributed by atoms with Crippen LogP contribution in [-0.4, -0.2) is 49.6 Å². The number of hydrogen-bond acceptors (Lipinski definition) is 3. The lowest BCUT2D eigenvalue weighted by atomic mass is 10.1. The predicted molar refractivity (Wildman–Crippen MR) is 117 cm³/mol. The van der Waals surface area contributed by atoms with E-state index in [1.807, 2.05) is 30.3 Å². The van der Waals surface area contributed by atoms with Crippen molar-refractivity contribution in [3.05, 3.63) is 65.7 Å². The van der Waals surface area contributed by atoms with Crippen LogP contribution in [0.15, 0.2) is 59.6 Å². The molecule has 1 amide bonds. The van der Waals surface area contributed by atoms with Crippen LogP contribution in [0.2, 0.25) is 0 Å². The Morgan fingerprint density at radius 1 is 1.10 bits per heavy atom. The molecule has 2 unspecified atom stereocenters. The molecule has 0 aromatic heterocycles. The number of benzene rings is 2. The molecule has 2 N–H and O–H groups in total. The van der Waals surface area contributed by atoms with Gasteiger partial charge >= 0.3 is 0 Å². The van der Waals surface area contributed by atoms with E-state index in [2.05, 4.69) is 41.8 Å². The lowest BCUT2D eigenvalue weighted by Gasteiger charge is -2.19. The number of hydrogen-bond donors (Lipinski definition) is 2. The molecule has 2 aromatic carbocycles. The normalized spacial score (nSPS) is 19.1. The summed E-state index contributed by atoms with van der Waals surface area (Å²) in [4.78, 5) is 18.4. The van der Waals surface area contributed by atoms with Gasteiger partial charge in [-0.15, -0.1) is 0 Å². The van der Waals surface area contributed by atoms with Crippen LogP contribution in [0.4, 0.5) is 5.69 Å². The van der Waals surface area contributed by atoms with Crippen LogP contribution in [0.25, 0.3) is 0 Å². The third-order valence-corrected chi connectivity index (χ3v) is 4.90. The summed E-state index contributed by atoms with van der Waals surface area (Å²) in [6, 6.07) is 18.3. The van der Waals surface area contributed by atoms with Crippen molar-refractivity contribution in [3.63, 3.8) is 0 Å². The highest BCUT2D eigenvalue weighted by molar-refractivity contribution is 5.93. The highest BCUT2D eigenvalue weighted by atomic mass is 16.5. The zero-order valence-corrected chi connectivity index (χ0v) is 17.4. The second-order valence-electron chi connectivity index (χ2n) is 7.58. The van der Waals surface area contributed by atoms with E-state index >= 15 is 0 Å². The van der Waals surface area contributed by atoms with Crippen LogP contribution in [0.3, 0.4) is 0 Å². The monoisotopic (exact) mass is 394 g/mol. The van der Waals surface area contributed by atoms with Gasteiger partial charge in [0.1, 0.15) is 6.10 Å². The number of aryl methyl sites for hydroxylation is 1. The van der Waals surface area contributed by atoms with Crippen LogP contribution in [0, 0.1) is 6.92 Å². The molecule has 0 spiro atoms. The summed E-state index contributed by atoms with van der Waals surface area (Å²) in [5.41, 5.74) is 3.35. The van der Waals surface area contributed by atoms with E-state index in [9.17, 15) is 4.79 Å². The fourth-order valence-electron chi connectivity index (χ4n) is 3.20. The van der Waals surface area contributed by atoms with E-state index in [0.29, 0.717) is 19.0 Å². The molecule has 1 fully saturated rings. The number of likely N-dealkylation sites (N-methyl/N-ethyl adjacent to an activating group) is 1. The number of rotatable bonds is 6. The third-order valence-electron chi connectivity index (χ3n) is 4.90. The summed E-state index contributed by atoms with van der Waals surface area (Å²) in [6.45, 7) is 3.26. The van der Waals surface area contributed by atoms with Gasteiger partial charge in [0.25, 0.3) is 5.91 Å². The Labute approximate surface area is 173 Å². The molecule has 154 valence electrons. The van der Waals surface area contributed by atoms with Crippen molar-refractivity contribution in [3.8, 4) is 0 Å². The number of carbonyl (C=O) groups excluding carboxylic acids is 1. The van der Waals surface area contributed by atoms with Gasteiger partial charge in [0.05, 0.1) is 12.6 Å². The summed E-state index contributed by atoms with van der Waals surface area (Å²) >= 11 is 0. The fourth-order valence-corrected chi connectivity index (χ4v) is 3.20. The van der Waals surface area contributed by atoms with Crippen molar-refractivity contribution in [1.29, 1.82) is 0 Å². The number of para-hydroxylation sites is 1. The zero-order chi connectivity index (χ0) is 20.6. The van der Waals surface area contributed by atoms with E-state index < -0.39 is 0 Å². The Kier molecular flexibility index (Phi) is 7.25. The Morgan fingerprint density at radius 2 is 1.83 bits per heavy atom. The number of ether oxygens (including phenoxy) is 1. The number of nitrogens with zero attached hydrogens (tertiary/aromatic N) is 2. The van der Waals surface area contributed by atoms with Gasteiger partial charge in [0.2, 0.25) is 0 Å². The minimum absolute atomic E-state index is 0.00829. The largest absolute Gasteiger partial charge is 0.363 e. The lowest BCUT2D eigenvalue weighted by Crippen LogP contribution is -2.38. The summed E-state index contributed by atoms with van der Waals surface area (Å²) in [5, 5.41) is 6.71. The van der Waals surface area contributed by atoms with Gasteiger partial charge in [-0.2, -0.15) is 0 Å². The van der Waals surface area contributed by atoms with Gasteiger partial charge in [0.15, 0.2) is 5.96 Å². The van der Waals surface area contributed by atoms with Crippen molar-refractivity contribution in [2.45, 2.75) is 38.5 Å². The smallest absolute Gasteiger partial charge is 0.251 e. The summed E-state index contributed by atoms with van der Waals surface area (Å²) in [7, 11) is 3.52. The molecule has 6 heteroatoms. The summed E-state index contributed by atoms with van der Waals surface area (Å²) in [5.74, 6) is 0.728. The van der Waals surface area contributed by atoms with E-state index in [1.54, 1.807) is 19.0 Å². The van der Waals surface area contributed by atoms with E-state index in [-0.39, 0.29) is 18.1 Å². The number of amides is 1. The van der Waals surface area contributed by atoms with Crippen LogP contribution in [0.5, 0.6) is 0 Å². The molecule has 29 heavy (non-hydrogen) atoms. The zero-order valence-electron chi connectivity index (χ0n) is 17.4. The highest BCUT2D eigenvalue weighted by Crippen LogP contribution is 2.20. The number of guanidine groups is 1. The molecule has 1 aliphatic heterocycles. The summed E-state index contributed by atoms with van der Waals surface area (Å²) < 4.78 is 5.92. The molecule has 6 nitrogen and oxygen atoms in total. The van der Waals surface area contributed by atoms with Crippen LogP contribution >= 0.6 is 0 Å². The number of anilines is 1. The van der Waals surface area contributed by atoms with Gasteiger partial charge in [-0.25, -0.2) is 4.99 Å². The van der Waals surface area contributed by atoms with Crippen molar-refractivity contribution >= 4 is 17.6 Å². The van der Waals surface area contributed by atoms with Crippen molar-refractivity contribution in [1.82, 2.24) is 10.2 Å². The lowest BCUT2D eigenvalue weighted by molar-refractivity contribution is -0.140. The molecular formula is C23H30N4O2. The molecule has 3 rings (SSSR count). The first kappa shape index (κ1) is 20.9. The quantitative estimate of drug-likeness (QED) is 0.583. The molecule has 1 aliphatic rings. The molecule has 1 saturated heterocycles. The first-order chi connectivity index (χ1) is 14.0. The maximum absolute atomic E-state index is 12.1. The minimum Gasteiger partial charge on any atom is -0.363 e. The van der Waals surface area contributed by atoms with E-state index in [1.165, 1.54) is 5.56 Å². The standard InChI is InChI=1S/C23H30N4O2/c1-17-9-11-18(12-10-17)15-24-23(26-19-7-5-4-6-8-19)25-16-20-13-14-21(29-20)22(28)27(2)3/h4-12,20-21H,13-16H2,1-3H3,(H2,24,25,26). The highest BCUT2D eigenvalue weighted by Gasteiger charge is 2.31. The molecule has 0 radical (unpaired) electrons. The number of aliphatic imine (C=N–C) groups is 1. The average Bonchev–Trinajstić information content (AvgIpc) is 3.20. The third kappa shape index (κ3) is 6.32. The van der Waals surface area contributed by atoms with Crippen LogP contribution in [-0.2, 0) is 16.1 Å². The molecule has 2 aromatic rings. The molecular weight excluding hydrogens is 364 g/mol. The SMILES string of the molecule is Cc1ccc(CN=C(NCC2CCC(C(=O)N(C)C)O2)Nc2ccccc2)cc1. The van der Waals surface area contributed by atoms with E-state index in [4.69, 9.17) is 9.73 Å². The Morgan fingerprint density at radius 3 is 2.52 bits per heavy atom. The Hall–Kier alpha value is -2.86. The molecule has 0 bridgehead atoms. The molecule has 0 saturated carbocycles. The summed E-state index contributed by atoms with van der Waals surface area (Å²) in [6.07, 6.45) is 1.26. The van der Waals surface area contributed by atoms with Crippen molar-refractivity contribution < 1.29 is 9.53 Å². The Bertz CT molecular complexity index is 819. The molecule has 1 heterocycles. The number of carbonyl (C=O) groups is 1. The van der Waals surface area contributed by atoms with Crippen molar-refractivity contribution in [2.24, 2.45) is 4.99 Å². The predicted octanol–water partition coefficient (Wildman–Crippen LogP) is 3.19. The second kappa shape index (κ2) is 10.1. The fraction of sp³-hybridized carbons (Fsp3) is 0.391. The average molecular weight is 395 g/mol. The second-order valence-corrected chi connectivity index (χ2v) is 7.58. The minimum atomic E-state index is -0.341. The van der Waals surface area contributed by atoms with Crippen LogP contribution < -0.4 is 10.6 Å². The van der Waals surface area contributed by atoms with Gasteiger partial charge in [0, 0.05) is 26.3 Å². The Balaban J connectivity index is 1.61. The first-order valence-electron chi connectivity index (χ1n) is 10.0. The van der Waals surface area contributed by atoms with Gasteiger partial charge in [-0.1, -0.05) is 48.0 Å². The van der Waals surface area contributed by atoms with Gasteiger partial charge in [-0.05, 0) is 37.5 Å². The maximum atomic E-state index is 12.1. The molecule has 0 aliphatic carbocycles. The maximum Gasteiger partial charge on any atom is 0.251 e. The van der Waals surface area contributed by atoms with Gasteiger partial charge in [-0.3, -0.25) is 4.79 Å². The first-order valence-corrected chi connectivity index (χ1v) is 10.0. The molecule has 2 atom stereocenters. The van der Waals surface area contributed by atoms with E-state index in [0.717, 1.165) is 24.1 Å². The van der Waals surface area contributed by atoms with Gasteiger partial charge < -0.3 is 20.3 Å².